The first-order valence-electron chi connectivity index (χ1n) is 11.6. The van der Waals surface area contributed by atoms with Gasteiger partial charge in [-0.2, -0.15) is 0 Å². The molecule has 0 amide bonds. The molecule has 4 nitrogen and oxygen atoms in total. The lowest BCUT2D eigenvalue weighted by Gasteiger charge is -2.64. The van der Waals surface area contributed by atoms with E-state index in [2.05, 4.69) is 42.2 Å². The molecule has 1 aromatic rings. The van der Waals surface area contributed by atoms with Crippen molar-refractivity contribution in [3.8, 4) is 0 Å². The number of hydrogen-bond acceptors (Lipinski definition) is 3. The molecule has 4 saturated carbocycles. The molecule has 0 unspecified atom stereocenters. The van der Waals surface area contributed by atoms with Gasteiger partial charge in [-0.3, -0.25) is 4.79 Å². The average Bonchev–Trinajstić information content (AvgIpc) is 2.68. The van der Waals surface area contributed by atoms with E-state index in [0.29, 0.717) is 12.0 Å². The lowest BCUT2D eigenvalue weighted by molar-refractivity contribution is -0.176. The minimum Gasteiger partial charge on any atom is -0.481 e. The zero-order valence-electron chi connectivity index (χ0n) is 17.8. The minimum atomic E-state index is -0.548. The predicted octanol–water partition coefficient (Wildman–Crippen LogP) is 4.04. The number of rotatable bonds is 2. The van der Waals surface area contributed by atoms with Crippen LogP contribution in [0, 0.1) is 22.7 Å². The zero-order chi connectivity index (χ0) is 20.3. The Morgan fingerprint density at radius 3 is 2.31 bits per heavy atom. The number of benzene rings is 1. The van der Waals surface area contributed by atoms with Crippen molar-refractivity contribution >= 4 is 5.97 Å². The van der Waals surface area contributed by atoms with Gasteiger partial charge < -0.3 is 15.7 Å². The van der Waals surface area contributed by atoms with Crippen LogP contribution in [0.15, 0.2) is 30.3 Å². The lowest BCUT2D eigenvalue weighted by Crippen LogP contribution is -2.60. The Hall–Kier alpha value is -1.39. The maximum atomic E-state index is 12.0. The first kappa shape index (κ1) is 19.6. The Bertz CT molecular complexity index is 774. The SMILES string of the molecule is C[C@]12C[C@@H]3C[C@](C(=O)O)(C1)C[C@@](c1ccccc1)(C3)C2.N[C@H]1CN2CCC1CC2. The van der Waals surface area contributed by atoms with Crippen molar-refractivity contribution in [2.75, 3.05) is 19.6 Å². The van der Waals surface area contributed by atoms with Crippen LogP contribution in [0.5, 0.6) is 0 Å². The van der Waals surface area contributed by atoms with Gasteiger partial charge in [0.15, 0.2) is 0 Å². The van der Waals surface area contributed by atoms with E-state index in [1.165, 1.54) is 50.8 Å². The van der Waals surface area contributed by atoms with Gasteiger partial charge in [0.1, 0.15) is 0 Å². The van der Waals surface area contributed by atoms with Gasteiger partial charge in [-0.15, -0.1) is 0 Å². The highest BCUT2D eigenvalue weighted by atomic mass is 16.4. The molecule has 7 aliphatic rings. The number of carboxylic acid groups (broad SMARTS) is 1. The van der Waals surface area contributed by atoms with Crippen molar-refractivity contribution in [1.29, 1.82) is 0 Å². The summed E-state index contributed by atoms with van der Waals surface area (Å²) < 4.78 is 0. The molecule has 5 atom stereocenters. The van der Waals surface area contributed by atoms with E-state index in [-0.39, 0.29) is 10.8 Å². The number of carboxylic acids is 1. The fourth-order valence-electron chi connectivity index (χ4n) is 8.28. The first-order valence-corrected chi connectivity index (χ1v) is 11.6. The average molecular weight is 397 g/mol. The molecule has 3 aliphatic heterocycles. The maximum Gasteiger partial charge on any atom is 0.309 e. The van der Waals surface area contributed by atoms with Crippen LogP contribution in [0.1, 0.15) is 63.9 Å². The van der Waals surface area contributed by atoms with Gasteiger partial charge in [-0.1, -0.05) is 37.3 Å². The summed E-state index contributed by atoms with van der Waals surface area (Å²) >= 11 is 0. The second-order valence-corrected chi connectivity index (χ2v) is 11.4. The van der Waals surface area contributed by atoms with E-state index in [0.717, 1.165) is 31.7 Å². The molecule has 4 aliphatic carbocycles. The summed E-state index contributed by atoms with van der Waals surface area (Å²) in [4.78, 5) is 14.4. The number of hydrogen-bond donors (Lipinski definition) is 2. The molecule has 3 heterocycles. The molecule has 1 aromatic carbocycles. The fourth-order valence-corrected chi connectivity index (χ4v) is 8.28. The van der Waals surface area contributed by atoms with Crippen LogP contribution in [-0.4, -0.2) is 41.7 Å². The number of nitrogens with zero attached hydrogens (tertiary/aromatic N) is 1. The maximum absolute atomic E-state index is 12.0. The van der Waals surface area contributed by atoms with Gasteiger partial charge in [0.05, 0.1) is 5.41 Å². The minimum absolute atomic E-state index is 0.119. The quantitative estimate of drug-likeness (QED) is 0.792. The number of carbonyl (C=O) groups is 1. The van der Waals surface area contributed by atoms with Crippen LogP contribution in [0.25, 0.3) is 0 Å². The van der Waals surface area contributed by atoms with E-state index < -0.39 is 11.4 Å². The topological polar surface area (TPSA) is 66.6 Å². The van der Waals surface area contributed by atoms with E-state index in [1.54, 1.807) is 0 Å². The van der Waals surface area contributed by atoms with Gasteiger partial charge in [-0.25, -0.2) is 0 Å². The van der Waals surface area contributed by atoms with Crippen LogP contribution >= 0.6 is 0 Å². The standard InChI is InChI=1S/C18H22O2.C7H14N2/c1-16-7-13-8-17(10-16,14-5-3-2-4-6-14)12-18(9-13,11-16)15(19)20;8-7-5-9-3-1-6(7)2-4-9/h2-6,13H,7-12H2,1H3,(H,19,20);6-7H,1-5,8H2/t13-,16+,17+,18-;7-/m00/s1. The van der Waals surface area contributed by atoms with Gasteiger partial charge >= 0.3 is 5.97 Å². The highest BCUT2D eigenvalue weighted by Crippen LogP contribution is 2.70. The summed E-state index contributed by atoms with van der Waals surface area (Å²) in [5, 5.41) is 9.85. The van der Waals surface area contributed by atoms with Gasteiger partial charge in [0.2, 0.25) is 0 Å². The van der Waals surface area contributed by atoms with Crippen LogP contribution in [0.2, 0.25) is 0 Å². The second-order valence-electron chi connectivity index (χ2n) is 11.4. The molecule has 0 spiro atoms. The number of fused-ring (bicyclic) bond motifs is 3. The molecular weight excluding hydrogens is 360 g/mol. The van der Waals surface area contributed by atoms with E-state index in [9.17, 15) is 9.90 Å². The van der Waals surface area contributed by atoms with E-state index in [4.69, 9.17) is 5.73 Å². The lowest BCUT2D eigenvalue weighted by atomic mass is 9.39. The molecule has 6 bridgehead atoms. The van der Waals surface area contributed by atoms with Crippen LogP contribution in [0.4, 0.5) is 0 Å². The molecule has 3 N–H and O–H groups in total. The van der Waals surface area contributed by atoms with Crippen molar-refractivity contribution in [3.63, 3.8) is 0 Å². The molecule has 4 heteroatoms. The normalized spacial score (nSPS) is 46.8. The molecule has 3 saturated heterocycles. The number of piperidine rings is 3. The van der Waals surface area contributed by atoms with Crippen molar-refractivity contribution in [3.05, 3.63) is 35.9 Å². The van der Waals surface area contributed by atoms with E-state index >= 15 is 0 Å². The molecule has 0 aromatic heterocycles. The summed E-state index contributed by atoms with van der Waals surface area (Å²) in [5.41, 5.74) is 7.15. The van der Waals surface area contributed by atoms with Gasteiger partial charge in [0, 0.05) is 12.6 Å². The summed E-state index contributed by atoms with van der Waals surface area (Å²) in [5.74, 6) is 0.913. The molecule has 0 radical (unpaired) electrons. The third kappa shape index (κ3) is 3.33. The highest BCUT2D eigenvalue weighted by Gasteiger charge is 2.64. The monoisotopic (exact) mass is 396 g/mol. The zero-order valence-corrected chi connectivity index (χ0v) is 17.8. The van der Waals surface area contributed by atoms with Gasteiger partial charge in [0.25, 0.3) is 0 Å². The Morgan fingerprint density at radius 2 is 1.79 bits per heavy atom. The van der Waals surface area contributed by atoms with Gasteiger partial charge in [-0.05, 0) is 92.7 Å². The van der Waals surface area contributed by atoms with Crippen molar-refractivity contribution in [2.24, 2.45) is 28.4 Å². The molecular formula is C25H36N2O2. The first-order chi connectivity index (χ1) is 13.8. The Balaban J connectivity index is 0.000000168. The van der Waals surface area contributed by atoms with Crippen LogP contribution in [0.3, 0.4) is 0 Å². The third-order valence-electron chi connectivity index (χ3n) is 8.89. The van der Waals surface area contributed by atoms with E-state index in [1.807, 2.05) is 0 Å². The number of aliphatic carboxylic acids is 1. The van der Waals surface area contributed by atoms with Crippen molar-refractivity contribution in [2.45, 2.75) is 69.7 Å². The molecule has 29 heavy (non-hydrogen) atoms. The molecule has 8 rings (SSSR count). The smallest absolute Gasteiger partial charge is 0.309 e. The van der Waals surface area contributed by atoms with Crippen molar-refractivity contribution < 1.29 is 9.90 Å². The van der Waals surface area contributed by atoms with Crippen molar-refractivity contribution in [1.82, 2.24) is 4.90 Å². The van der Waals surface area contributed by atoms with Crippen LogP contribution < -0.4 is 5.73 Å². The summed E-state index contributed by atoms with van der Waals surface area (Å²) in [6.07, 6.45) is 8.95. The molecule has 7 fully saturated rings. The van der Waals surface area contributed by atoms with Crippen LogP contribution in [-0.2, 0) is 10.2 Å². The molecule has 158 valence electrons. The largest absolute Gasteiger partial charge is 0.481 e. The second kappa shape index (κ2) is 6.81. The summed E-state index contributed by atoms with van der Waals surface area (Å²) in [6, 6.07) is 11.2. The summed E-state index contributed by atoms with van der Waals surface area (Å²) in [6.45, 7) is 6.09. The Morgan fingerprint density at radius 1 is 1.07 bits per heavy atom. The third-order valence-corrected chi connectivity index (χ3v) is 8.89. The number of nitrogens with two attached hydrogens (primary N) is 1. The highest BCUT2D eigenvalue weighted by molar-refractivity contribution is 5.76. The fraction of sp³-hybridized carbons (Fsp3) is 0.720. The Labute approximate surface area is 174 Å². The summed E-state index contributed by atoms with van der Waals surface area (Å²) in [7, 11) is 0. The predicted molar refractivity (Wildman–Crippen MR) is 115 cm³/mol. The Kier molecular flexibility index (Phi) is 4.60.